The van der Waals surface area contributed by atoms with Crippen molar-refractivity contribution < 1.29 is 14.3 Å². The highest BCUT2D eigenvalue weighted by molar-refractivity contribution is 5.76. The van der Waals surface area contributed by atoms with Gasteiger partial charge in [0.05, 0.1) is 19.8 Å². The molecule has 3 aromatic rings. The Balaban J connectivity index is 1.32. The molecule has 206 valence electrons. The van der Waals surface area contributed by atoms with E-state index in [4.69, 9.17) is 9.47 Å². The second-order valence-corrected chi connectivity index (χ2v) is 9.80. The molecule has 1 amide bonds. The van der Waals surface area contributed by atoms with E-state index >= 15 is 0 Å². The number of ether oxygens (including phenoxy) is 2. The van der Waals surface area contributed by atoms with Crippen molar-refractivity contribution in [2.24, 2.45) is 0 Å². The fraction of sp³-hybridized carbons (Fsp3) is 0.414. The summed E-state index contributed by atoms with van der Waals surface area (Å²) >= 11 is 0. The van der Waals surface area contributed by atoms with Crippen LogP contribution in [0.25, 0.3) is 0 Å². The Morgan fingerprint density at radius 2 is 1.56 bits per heavy atom. The van der Waals surface area contributed by atoms with Crippen LogP contribution in [0.1, 0.15) is 18.4 Å². The van der Waals surface area contributed by atoms with Gasteiger partial charge in [-0.2, -0.15) is 0 Å². The zero-order chi connectivity index (χ0) is 26.7. The number of carbonyl (C=O) groups excluding carboxylic acids is 1. The number of hydrogen-bond donors (Lipinski definition) is 3. The summed E-state index contributed by atoms with van der Waals surface area (Å²) in [5.41, 5.74) is 2.99. The number of morpholine rings is 1. The molecule has 39 heavy (non-hydrogen) atoms. The summed E-state index contributed by atoms with van der Waals surface area (Å²) in [6, 6.07) is 18.0. The molecule has 10 heteroatoms. The normalized spacial score (nSPS) is 18.0. The minimum atomic E-state index is 0.0664. The van der Waals surface area contributed by atoms with Crippen LogP contribution < -0.4 is 20.7 Å². The number of rotatable bonds is 3. The van der Waals surface area contributed by atoms with Gasteiger partial charge in [-0.25, -0.2) is 9.97 Å². The highest BCUT2D eigenvalue weighted by Crippen LogP contribution is 2.23. The van der Waals surface area contributed by atoms with E-state index in [2.05, 4.69) is 47.9 Å². The van der Waals surface area contributed by atoms with Crippen molar-refractivity contribution in [1.29, 1.82) is 0 Å². The SMILES string of the molecule is O=C1CCN(CCN2CCOCC2)Cc2cccc(c2)Nc2cc(ncn2)Nc2cccc(c2)OCCCN1. The van der Waals surface area contributed by atoms with Crippen LogP contribution in [-0.4, -0.2) is 84.8 Å². The van der Waals surface area contributed by atoms with Gasteiger partial charge in [-0.15, -0.1) is 0 Å². The van der Waals surface area contributed by atoms with Gasteiger partial charge >= 0.3 is 0 Å². The zero-order valence-corrected chi connectivity index (χ0v) is 22.3. The van der Waals surface area contributed by atoms with E-state index in [9.17, 15) is 4.79 Å². The second kappa shape index (κ2) is 13.9. The van der Waals surface area contributed by atoms with Crippen molar-refractivity contribution in [3.05, 3.63) is 66.5 Å². The maximum atomic E-state index is 12.6. The maximum absolute atomic E-state index is 12.6. The van der Waals surface area contributed by atoms with Crippen molar-refractivity contribution in [3.63, 3.8) is 0 Å². The summed E-state index contributed by atoms with van der Waals surface area (Å²) < 4.78 is 11.4. The monoisotopic (exact) mass is 531 g/mol. The van der Waals surface area contributed by atoms with Crippen LogP contribution >= 0.6 is 0 Å². The molecule has 10 nitrogen and oxygen atoms in total. The van der Waals surface area contributed by atoms with Crippen LogP contribution in [0.15, 0.2) is 60.9 Å². The number of fused-ring (bicyclic) bond motifs is 6. The first-order chi connectivity index (χ1) is 19.2. The number of hydrogen-bond acceptors (Lipinski definition) is 9. The first-order valence-electron chi connectivity index (χ1n) is 13.7. The van der Waals surface area contributed by atoms with Gasteiger partial charge in [0.25, 0.3) is 0 Å². The predicted molar refractivity (Wildman–Crippen MR) is 152 cm³/mol. The van der Waals surface area contributed by atoms with E-state index in [0.29, 0.717) is 37.8 Å². The largest absolute Gasteiger partial charge is 0.493 e. The number of nitrogens with one attached hydrogen (secondary N) is 3. The van der Waals surface area contributed by atoms with Crippen molar-refractivity contribution in [2.75, 3.05) is 69.7 Å². The molecule has 0 radical (unpaired) electrons. The van der Waals surface area contributed by atoms with E-state index in [1.807, 2.05) is 42.5 Å². The lowest BCUT2D eigenvalue weighted by Crippen LogP contribution is -2.42. The molecule has 0 atom stereocenters. The molecule has 3 N–H and O–H groups in total. The molecule has 3 heterocycles. The fourth-order valence-electron chi connectivity index (χ4n) is 4.67. The summed E-state index contributed by atoms with van der Waals surface area (Å²) in [7, 11) is 0. The number of amides is 1. The molecule has 0 spiro atoms. The van der Waals surface area contributed by atoms with Crippen molar-refractivity contribution >= 4 is 28.9 Å². The summed E-state index contributed by atoms with van der Waals surface area (Å²) in [5.74, 6) is 2.21. The molecular formula is C29H37N7O3. The van der Waals surface area contributed by atoms with Crippen LogP contribution in [0.3, 0.4) is 0 Å². The van der Waals surface area contributed by atoms with Crippen molar-refractivity contribution in [2.45, 2.75) is 19.4 Å². The zero-order valence-electron chi connectivity index (χ0n) is 22.3. The molecule has 1 saturated heterocycles. The van der Waals surface area contributed by atoms with E-state index in [1.54, 1.807) is 6.33 Å². The summed E-state index contributed by atoms with van der Waals surface area (Å²) in [6.45, 7) is 7.87. The molecule has 0 aliphatic carbocycles. The summed E-state index contributed by atoms with van der Waals surface area (Å²) in [4.78, 5) is 26.2. The highest BCUT2D eigenvalue weighted by Gasteiger charge is 2.15. The third kappa shape index (κ3) is 8.64. The van der Waals surface area contributed by atoms with E-state index < -0.39 is 0 Å². The lowest BCUT2D eigenvalue weighted by molar-refractivity contribution is -0.121. The average molecular weight is 532 g/mol. The van der Waals surface area contributed by atoms with Crippen LogP contribution in [0.4, 0.5) is 23.0 Å². The highest BCUT2D eigenvalue weighted by atomic mass is 16.5. The summed E-state index contributed by atoms with van der Waals surface area (Å²) in [6.07, 6.45) is 2.74. The van der Waals surface area contributed by atoms with Gasteiger partial charge in [-0.1, -0.05) is 18.2 Å². The van der Waals surface area contributed by atoms with Gasteiger partial charge in [0.1, 0.15) is 23.7 Å². The van der Waals surface area contributed by atoms with Gasteiger partial charge in [0.15, 0.2) is 0 Å². The first-order valence-corrected chi connectivity index (χ1v) is 13.7. The number of anilines is 4. The number of benzene rings is 2. The lowest BCUT2D eigenvalue weighted by Gasteiger charge is -2.30. The average Bonchev–Trinajstić information content (AvgIpc) is 2.95. The minimum Gasteiger partial charge on any atom is -0.493 e. The molecule has 2 aromatic carbocycles. The third-order valence-corrected chi connectivity index (χ3v) is 6.78. The molecular weight excluding hydrogens is 494 g/mol. The third-order valence-electron chi connectivity index (χ3n) is 6.78. The Bertz CT molecular complexity index is 1220. The topological polar surface area (TPSA) is 104 Å². The van der Waals surface area contributed by atoms with Crippen LogP contribution in [-0.2, 0) is 16.1 Å². The van der Waals surface area contributed by atoms with Gasteiger partial charge < -0.3 is 25.4 Å². The molecule has 6 bridgehead atoms. The predicted octanol–water partition coefficient (Wildman–Crippen LogP) is 3.39. The van der Waals surface area contributed by atoms with Gasteiger partial charge in [-0.3, -0.25) is 14.6 Å². The molecule has 2 aliphatic rings. The van der Waals surface area contributed by atoms with Crippen LogP contribution in [0, 0.1) is 0 Å². The number of nitrogens with zero attached hydrogens (tertiary/aromatic N) is 4. The second-order valence-electron chi connectivity index (χ2n) is 9.80. The molecule has 2 aliphatic heterocycles. The Morgan fingerprint density at radius 1 is 0.821 bits per heavy atom. The minimum absolute atomic E-state index is 0.0664. The van der Waals surface area contributed by atoms with Gasteiger partial charge in [-0.05, 0) is 36.2 Å². The quantitative estimate of drug-likeness (QED) is 0.469. The van der Waals surface area contributed by atoms with Crippen LogP contribution in [0.5, 0.6) is 5.75 Å². The van der Waals surface area contributed by atoms with E-state index in [0.717, 1.165) is 69.5 Å². The number of carbonyl (C=O) groups is 1. The molecule has 0 saturated carbocycles. The Morgan fingerprint density at radius 3 is 2.38 bits per heavy atom. The van der Waals surface area contributed by atoms with Gasteiger partial charge in [0.2, 0.25) is 5.91 Å². The molecule has 5 rings (SSSR count). The maximum Gasteiger partial charge on any atom is 0.221 e. The van der Waals surface area contributed by atoms with E-state index in [-0.39, 0.29) is 5.91 Å². The first kappa shape index (κ1) is 26.9. The van der Waals surface area contributed by atoms with Crippen molar-refractivity contribution in [1.82, 2.24) is 25.1 Å². The van der Waals surface area contributed by atoms with Crippen LogP contribution in [0.2, 0.25) is 0 Å². The Kier molecular flexibility index (Phi) is 9.56. The smallest absolute Gasteiger partial charge is 0.221 e. The van der Waals surface area contributed by atoms with Gasteiger partial charge in [0, 0.05) is 75.7 Å². The van der Waals surface area contributed by atoms with E-state index in [1.165, 1.54) is 5.56 Å². The van der Waals surface area contributed by atoms with Crippen molar-refractivity contribution in [3.8, 4) is 5.75 Å². The summed E-state index contributed by atoms with van der Waals surface area (Å²) in [5, 5.41) is 9.78. The Hall–Kier alpha value is -3.73. The molecule has 1 fully saturated rings. The Labute approximate surface area is 229 Å². The molecule has 0 unspecified atom stereocenters. The lowest BCUT2D eigenvalue weighted by atomic mass is 10.1. The fourth-order valence-corrected chi connectivity index (χ4v) is 4.67. The molecule has 1 aromatic heterocycles. The number of aromatic nitrogens is 2. The standard InChI is InChI=1S/C29H37N7O3/c37-29-8-10-36(12-11-35-13-16-38-17-14-35)21-23-4-1-5-24(18-23)33-27-20-28(32-22-31-27)34-25-6-2-7-26(19-25)39-15-3-9-30-29/h1-2,4-7,18-20,22H,3,8-17,21H2,(H,30,37)(H2,31,32,33,34).